The maximum Gasteiger partial charge on any atom is 0.120 e. The van der Waals surface area contributed by atoms with Crippen LogP contribution in [-0.2, 0) is 0 Å². The maximum atomic E-state index is 9.93. The summed E-state index contributed by atoms with van der Waals surface area (Å²) in [6.07, 6.45) is 0.306. The topological polar surface area (TPSA) is 41.5 Å². The molecule has 18 heavy (non-hydrogen) atoms. The number of hydrogen-bond acceptors (Lipinski definition) is 4. The van der Waals surface area contributed by atoms with Crippen molar-refractivity contribution in [1.29, 1.82) is 0 Å². The first-order chi connectivity index (χ1) is 8.79. The van der Waals surface area contributed by atoms with Crippen molar-refractivity contribution in [2.45, 2.75) is 12.5 Å². The zero-order valence-electron chi connectivity index (χ0n) is 10.3. The van der Waals surface area contributed by atoms with Crippen LogP contribution in [0.2, 0.25) is 0 Å². The molecule has 1 aromatic carbocycles. The van der Waals surface area contributed by atoms with Gasteiger partial charge in [-0.05, 0) is 30.0 Å². The molecule has 0 aliphatic carbocycles. The minimum Gasteiger partial charge on any atom is -0.497 e. The number of benzene rings is 1. The second-order valence-corrected chi connectivity index (χ2v) is 4.96. The van der Waals surface area contributed by atoms with Gasteiger partial charge in [0.1, 0.15) is 5.75 Å². The summed E-state index contributed by atoms with van der Waals surface area (Å²) in [5.41, 5.74) is 1.01. The van der Waals surface area contributed by atoms with Crippen LogP contribution in [0.3, 0.4) is 0 Å². The van der Waals surface area contributed by atoms with Crippen molar-refractivity contribution in [3.63, 3.8) is 0 Å². The monoisotopic (exact) mass is 263 g/mol. The Hall–Kier alpha value is -1.52. The van der Waals surface area contributed by atoms with Gasteiger partial charge in [-0.3, -0.25) is 0 Å². The molecule has 0 fully saturated rings. The molecule has 2 aromatic rings. The largest absolute Gasteiger partial charge is 0.497 e. The molecule has 1 unspecified atom stereocenters. The molecule has 3 nitrogen and oxygen atoms in total. The summed E-state index contributed by atoms with van der Waals surface area (Å²) in [6.45, 7) is 0.728. The van der Waals surface area contributed by atoms with Gasteiger partial charge in [-0.2, -0.15) is 0 Å². The van der Waals surface area contributed by atoms with Gasteiger partial charge in [-0.15, -0.1) is 11.3 Å². The predicted octanol–water partition coefficient (Wildman–Crippen LogP) is 3.29. The van der Waals surface area contributed by atoms with E-state index >= 15 is 0 Å². The molecule has 4 heteroatoms. The zero-order chi connectivity index (χ0) is 12.8. The van der Waals surface area contributed by atoms with Crippen LogP contribution in [0.25, 0.3) is 0 Å². The van der Waals surface area contributed by atoms with Crippen LogP contribution in [0.15, 0.2) is 41.8 Å². The third-order valence-corrected chi connectivity index (χ3v) is 3.66. The highest BCUT2D eigenvalue weighted by atomic mass is 32.1. The second-order valence-electron chi connectivity index (χ2n) is 3.98. The van der Waals surface area contributed by atoms with Gasteiger partial charge in [0.05, 0.1) is 13.2 Å². The van der Waals surface area contributed by atoms with E-state index in [0.29, 0.717) is 6.42 Å². The van der Waals surface area contributed by atoms with Crippen molar-refractivity contribution in [2.75, 3.05) is 19.0 Å². The summed E-state index contributed by atoms with van der Waals surface area (Å²) >= 11 is 1.59. The summed E-state index contributed by atoms with van der Waals surface area (Å²) in [5.74, 6) is 0.832. The molecule has 0 aliphatic rings. The van der Waals surface area contributed by atoms with Gasteiger partial charge in [0.15, 0.2) is 0 Å². The summed E-state index contributed by atoms with van der Waals surface area (Å²) in [7, 11) is 1.65. The number of aliphatic hydroxyl groups is 1. The van der Waals surface area contributed by atoms with E-state index in [4.69, 9.17) is 4.74 Å². The zero-order valence-corrected chi connectivity index (χ0v) is 11.1. The van der Waals surface area contributed by atoms with E-state index in [-0.39, 0.29) is 6.10 Å². The molecule has 0 bridgehead atoms. The van der Waals surface area contributed by atoms with E-state index < -0.39 is 0 Å². The number of ether oxygens (including phenoxy) is 1. The Morgan fingerprint density at radius 1 is 1.33 bits per heavy atom. The SMILES string of the molecule is COc1cccc(NCCC(O)c2cccs2)c1. The normalized spacial score (nSPS) is 12.1. The van der Waals surface area contributed by atoms with E-state index in [2.05, 4.69) is 5.32 Å². The quantitative estimate of drug-likeness (QED) is 0.840. The second kappa shape index (κ2) is 6.42. The molecule has 0 radical (unpaired) electrons. The lowest BCUT2D eigenvalue weighted by Gasteiger charge is -2.11. The molecule has 0 saturated carbocycles. The maximum absolute atomic E-state index is 9.93. The summed E-state index contributed by atoms with van der Waals surface area (Å²) < 4.78 is 5.15. The Bertz CT molecular complexity index is 470. The molecule has 2 rings (SSSR count). The summed E-state index contributed by atoms with van der Waals surface area (Å²) in [6, 6.07) is 11.7. The Morgan fingerprint density at radius 3 is 2.94 bits per heavy atom. The Kier molecular flexibility index (Phi) is 4.61. The fraction of sp³-hybridized carbons (Fsp3) is 0.286. The highest BCUT2D eigenvalue weighted by Crippen LogP contribution is 2.22. The smallest absolute Gasteiger partial charge is 0.120 e. The number of thiophene rings is 1. The lowest BCUT2D eigenvalue weighted by atomic mass is 10.2. The Labute approximate surface area is 111 Å². The van der Waals surface area contributed by atoms with E-state index in [1.165, 1.54) is 0 Å². The lowest BCUT2D eigenvalue weighted by molar-refractivity contribution is 0.175. The minimum absolute atomic E-state index is 0.386. The molecular weight excluding hydrogens is 246 g/mol. The number of aliphatic hydroxyl groups excluding tert-OH is 1. The molecule has 0 amide bonds. The molecule has 0 saturated heterocycles. The Balaban J connectivity index is 1.81. The van der Waals surface area contributed by atoms with Crippen LogP contribution in [0.5, 0.6) is 5.75 Å². The van der Waals surface area contributed by atoms with E-state index in [1.807, 2.05) is 41.8 Å². The van der Waals surface area contributed by atoms with Crippen molar-refractivity contribution in [1.82, 2.24) is 0 Å². The number of methoxy groups -OCH3 is 1. The van der Waals surface area contributed by atoms with Crippen molar-refractivity contribution >= 4 is 17.0 Å². The van der Waals surface area contributed by atoms with Crippen LogP contribution >= 0.6 is 11.3 Å². The number of rotatable bonds is 6. The van der Waals surface area contributed by atoms with Crippen LogP contribution < -0.4 is 10.1 Å². The van der Waals surface area contributed by atoms with Gasteiger partial charge in [0, 0.05) is 23.2 Å². The van der Waals surface area contributed by atoms with Gasteiger partial charge < -0.3 is 15.2 Å². The molecule has 2 N–H and O–H groups in total. The first kappa shape index (κ1) is 12.9. The van der Waals surface area contributed by atoms with Crippen molar-refractivity contribution in [3.05, 3.63) is 46.7 Å². The molecule has 1 atom stereocenters. The van der Waals surface area contributed by atoms with Crippen LogP contribution in [0.1, 0.15) is 17.4 Å². The highest BCUT2D eigenvalue weighted by Gasteiger charge is 2.07. The molecular formula is C14H17NO2S. The number of hydrogen-bond donors (Lipinski definition) is 2. The van der Waals surface area contributed by atoms with Crippen LogP contribution in [0.4, 0.5) is 5.69 Å². The van der Waals surface area contributed by atoms with Crippen LogP contribution in [0, 0.1) is 0 Å². The first-order valence-corrected chi connectivity index (χ1v) is 6.77. The molecule has 0 spiro atoms. The lowest BCUT2D eigenvalue weighted by Crippen LogP contribution is -2.06. The van der Waals surface area contributed by atoms with Crippen molar-refractivity contribution in [3.8, 4) is 5.75 Å². The molecule has 1 heterocycles. The molecule has 0 aliphatic heterocycles. The standard InChI is InChI=1S/C14H17NO2S/c1-17-12-5-2-4-11(10-12)15-8-7-13(16)14-6-3-9-18-14/h2-6,9-10,13,15-16H,7-8H2,1H3. The molecule has 1 aromatic heterocycles. The van der Waals surface area contributed by atoms with Gasteiger partial charge in [0.2, 0.25) is 0 Å². The van der Waals surface area contributed by atoms with Gasteiger partial charge in [-0.1, -0.05) is 12.1 Å². The average Bonchev–Trinajstić information content (AvgIpc) is 2.93. The third kappa shape index (κ3) is 3.48. The highest BCUT2D eigenvalue weighted by molar-refractivity contribution is 7.10. The van der Waals surface area contributed by atoms with Gasteiger partial charge in [0.25, 0.3) is 0 Å². The van der Waals surface area contributed by atoms with Gasteiger partial charge in [-0.25, -0.2) is 0 Å². The fourth-order valence-corrected chi connectivity index (χ4v) is 2.46. The first-order valence-electron chi connectivity index (χ1n) is 5.89. The predicted molar refractivity (Wildman–Crippen MR) is 75.4 cm³/mol. The van der Waals surface area contributed by atoms with E-state index in [0.717, 1.165) is 22.9 Å². The average molecular weight is 263 g/mol. The third-order valence-electron chi connectivity index (χ3n) is 2.69. The molecule has 96 valence electrons. The van der Waals surface area contributed by atoms with Crippen molar-refractivity contribution < 1.29 is 9.84 Å². The van der Waals surface area contributed by atoms with Crippen molar-refractivity contribution in [2.24, 2.45) is 0 Å². The number of nitrogens with one attached hydrogen (secondary N) is 1. The van der Waals surface area contributed by atoms with E-state index in [9.17, 15) is 5.11 Å². The Morgan fingerprint density at radius 2 is 2.22 bits per heavy atom. The summed E-state index contributed by atoms with van der Waals surface area (Å²) in [5, 5.41) is 15.2. The van der Waals surface area contributed by atoms with E-state index in [1.54, 1.807) is 18.4 Å². The fourth-order valence-electron chi connectivity index (χ4n) is 1.71. The van der Waals surface area contributed by atoms with Gasteiger partial charge >= 0.3 is 0 Å². The number of anilines is 1. The van der Waals surface area contributed by atoms with Crippen LogP contribution in [-0.4, -0.2) is 18.8 Å². The summed E-state index contributed by atoms with van der Waals surface area (Å²) in [4.78, 5) is 1.02. The minimum atomic E-state index is -0.386.